The number of hydrogen-bond donors (Lipinski definition) is 3. The van der Waals surface area contributed by atoms with Crippen molar-refractivity contribution in [2.24, 2.45) is 0 Å². The minimum Gasteiger partial charge on any atom is -0.360 e. The number of nitrogens with zero attached hydrogens (tertiary/aromatic N) is 2. The molecule has 2 aromatic carbocycles. The fourth-order valence-electron chi connectivity index (χ4n) is 4.01. The van der Waals surface area contributed by atoms with Gasteiger partial charge < -0.3 is 20.9 Å². The summed E-state index contributed by atoms with van der Waals surface area (Å²) in [7, 11) is 0. The Balaban J connectivity index is 1.33. The number of urea groups is 1. The first-order chi connectivity index (χ1) is 15.8. The monoisotopic (exact) mass is 449 g/mol. The highest BCUT2D eigenvalue weighted by Gasteiger charge is 2.49. The number of anilines is 1. The molecule has 2 aliphatic heterocycles. The molecule has 0 aliphatic carbocycles. The van der Waals surface area contributed by atoms with Crippen LogP contribution in [-0.2, 0) is 26.5 Å². The molecule has 5 amide bonds. The lowest BCUT2D eigenvalue weighted by atomic mass is 9.91. The zero-order valence-corrected chi connectivity index (χ0v) is 18.7. The summed E-state index contributed by atoms with van der Waals surface area (Å²) in [6, 6.07) is 14.3. The molecule has 3 N–H and O–H groups in total. The Morgan fingerprint density at radius 2 is 1.76 bits per heavy atom. The van der Waals surface area contributed by atoms with Gasteiger partial charge in [0.25, 0.3) is 5.91 Å². The molecule has 0 spiro atoms. The SMILES string of the molecule is Cc1ccc(C2(C)NC(=O)N(CC(=O)NCc3ccc(N4CCNC(=O)C4)cc3)C2=O)cc1. The van der Waals surface area contributed by atoms with Crippen molar-refractivity contribution in [3.63, 3.8) is 0 Å². The summed E-state index contributed by atoms with van der Waals surface area (Å²) in [5.41, 5.74) is 2.32. The zero-order valence-electron chi connectivity index (χ0n) is 18.7. The molecule has 1 unspecified atom stereocenters. The van der Waals surface area contributed by atoms with Crippen LogP contribution >= 0.6 is 0 Å². The summed E-state index contributed by atoms with van der Waals surface area (Å²) in [4.78, 5) is 52.4. The number of nitrogens with one attached hydrogen (secondary N) is 3. The van der Waals surface area contributed by atoms with E-state index in [2.05, 4.69) is 16.0 Å². The van der Waals surface area contributed by atoms with E-state index in [4.69, 9.17) is 0 Å². The van der Waals surface area contributed by atoms with Gasteiger partial charge in [-0.15, -0.1) is 0 Å². The Labute approximate surface area is 192 Å². The van der Waals surface area contributed by atoms with E-state index in [9.17, 15) is 19.2 Å². The molecule has 9 nitrogen and oxygen atoms in total. The Kier molecular flexibility index (Phi) is 6.04. The predicted octanol–water partition coefficient (Wildman–Crippen LogP) is 1.01. The number of benzene rings is 2. The van der Waals surface area contributed by atoms with Crippen LogP contribution in [0.1, 0.15) is 23.6 Å². The highest BCUT2D eigenvalue weighted by molar-refractivity contribution is 6.09. The Morgan fingerprint density at radius 1 is 1.06 bits per heavy atom. The maximum atomic E-state index is 13.0. The molecule has 0 bridgehead atoms. The van der Waals surface area contributed by atoms with Gasteiger partial charge in [-0.2, -0.15) is 0 Å². The van der Waals surface area contributed by atoms with Crippen LogP contribution in [0.15, 0.2) is 48.5 Å². The fraction of sp³-hybridized carbons (Fsp3) is 0.333. The van der Waals surface area contributed by atoms with Gasteiger partial charge in [0, 0.05) is 25.3 Å². The highest BCUT2D eigenvalue weighted by Crippen LogP contribution is 2.28. The molecule has 1 atom stereocenters. The van der Waals surface area contributed by atoms with E-state index in [0.717, 1.165) is 28.3 Å². The first kappa shape index (κ1) is 22.3. The largest absolute Gasteiger partial charge is 0.360 e. The third-order valence-corrected chi connectivity index (χ3v) is 6.04. The van der Waals surface area contributed by atoms with Crippen LogP contribution < -0.4 is 20.9 Å². The first-order valence-corrected chi connectivity index (χ1v) is 10.8. The number of hydrogen-bond acceptors (Lipinski definition) is 5. The van der Waals surface area contributed by atoms with Crippen molar-refractivity contribution in [1.29, 1.82) is 0 Å². The predicted molar refractivity (Wildman–Crippen MR) is 122 cm³/mol. The highest BCUT2D eigenvalue weighted by atomic mass is 16.2. The summed E-state index contributed by atoms with van der Waals surface area (Å²) in [6.07, 6.45) is 0. The van der Waals surface area contributed by atoms with Gasteiger partial charge in [0.1, 0.15) is 12.1 Å². The van der Waals surface area contributed by atoms with Crippen LogP contribution in [0, 0.1) is 6.92 Å². The third kappa shape index (κ3) is 4.67. The summed E-state index contributed by atoms with van der Waals surface area (Å²) < 4.78 is 0. The number of imide groups is 1. The second kappa shape index (κ2) is 8.93. The van der Waals surface area contributed by atoms with Crippen LogP contribution in [0.3, 0.4) is 0 Å². The van der Waals surface area contributed by atoms with E-state index in [1.54, 1.807) is 19.1 Å². The van der Waals surface area contributed by atoms with Crippen LogP contribution in [0.4, 0.5) is 10.5 Å². The van der Waals surface area contributed by atoms with Gasteiger partial charge in [0.2, 0.25) is 11.8 Å². The summed E-state index contributed by atoms with van der Waals surface area (Å²) in [6.45, 7) is 5.17. The van der Waals surface area contributed by atoms with Crippen molar-refractivity contribution in [2.75, 3.05) is 31.1 Å². The van der Waals surface area contributed by atoms with Gasteiger partial charge in [-0.1, -0.05) is 42.0 Å². The van der Waals surface area contributed by atoms with E-state index in [-0.39, 0.29) is 19.0 Å². The lowest BCUT2D eigenvalue weighted by Gasteiger charge is -2.28. The van der Waals surface area contributed by atoms with Crippen LogP contribution in [0.5, 0.6) is 0 Å². The quantitative estimate of drug-likeness (QED) is 0.570. The molecular formula is C24H27N5O4. The average Bonchev–Trinajstić information content (AvgIpc) is 3.02. The normalized spacial score (nSPS) is 20.5. The molecule has 33 heavy (non-hydrogen) atoms. The van der Waals surface area contributed by atoms with E-state index in [1.165, 1.54) is 0 Å². The average molecular weight is 450 g/mol. The topological polar surface area (TPSA) is 111 Å². The maximum Gasteiger partial charge on any atom is 0.325 e. The number of piperazine rings is 1. The van der Waals surface area contributed by atoms with Crippen molar-refractivity contribution >= 4 is 29.4 Å². The second-order valence-electron chi connectivity index (χ2n) is 8.53. The fourth-order valence-corrected chi connectivity index (χ4v) is 4.01. The Bertz CT molecular complexity index is 1080. The molecule has 172 valence electrons. The molecule has 2 heterocycles. The molecule has 0 aromatic heterocycles. The number of aryl methyl sites for hydroxylation is 1. The van der Waals surface area contributed by atoms with Gasteiger partial charge in [-0.25, -0.2) is 4.79 Å². The second-order valence-corrected chi connectivity index (χ2v) is 8.53. The maximum absolute atomic E-state index is 13.0. The van der Waals surface area contributed by atoms with Crippen LogP contribution in [0.25, 0.3) is 0 Å². The van der Waals surface area contributed by atoms with Crippen molar-refractivity contribution < 1.29 is 19.2 Å². The van der Waals surface area contributed by atoms with Crippen molar-refractivity contribution in [3.05, 3.63) is 65.2 Å². The number of rotatable bonds is 6. The number of carbonyl (C=O) groups is 4. The summed E-state index contributed by atoms with van der Waals surface area (Å²) in [5, 5.41) is 8.26. The molecule has 2 fully saturated rings. The number of carbonyl (C=O) groups excluding carboxylic acids is 4. The Hall–Kier alpha value is -3.88. The molecular weight excluding hydrogens is 422 g/mol. The number of amides is 5. The molecule has 0 saturated carbocycles. The summed E-state index contributed by atoms with van der Waals surface area (Å²) >= 11 is 0. The lowest BCUT2D eigenvalue weighted by molar-refractivity contribution is -0.134. The standard InChI is InChI=1S/C24H27N5O4/c1-16-3-7-18(8-4-16)24(2)22(32)29(23(33)27-24)15-21(31)26-13-17-5-9-19(10-6-17)28-12-11-25-20(30)14-28/h3-10H,11-15H2,1-2H3,(H,25,30)(H,26,31)(H,27,33). The van der Waals surface area contributed by atoms with Gasteiger partial charge in [-0.05, 0) is 37.1 Å². The Morgan fingerprint density at radius 3 is 2.42 bits per heavy atom. The van der Waals surface area contributed by atoms with Crippen LogP contribution in [0.2, 0.25) is 0 Å². The lowest BCUT2D eigenvalue weighted by Crippen LogP contribution is -2.47. The molecule has 4 rings (SSSR count). The molecule has 9 heteroatoms. The molecule has 0 radical (unpaired) electrons. The van der Waals surface area contributed by atoms with Gasteiger partial charge in [0.05, 0.1) is 6.54 Å². The molecule has 2 aromatic rings. The third-order valence-electron chi connectivity index (χ3n) is 6.04. The van der Waals surface area contributed by atoms with Crippen molar-refractivity contribution in [3.8, 4) is 0 Å². The van der Waals surface area contributed by atoms with E-state index in [0.29, 0.717) is 18.7 Å². The van der Waals surface area contributed by atoms with E-state index >= 15 is 0 Å². The zero-order chi connectivity index (χ0) is 23.6. The van der Waals surface area contributed by atoms with Crippen molar-refractivity contribution in [2.45, 2.75) is 25.9 Å². The van der Waals surface area contributed by atoms with Gasteiger partial charge in [-0.3, -0.25) is 19.3 Å². The van der Waals surface area contributed by atoms with E-state index in [1.807, 2.05) is 48.2 Å². The van der Waals surface area contributed by atoms with Crippen LogP contribution in [-0.4, -0.2) is 54.8 Å². The molecule has 2 saturated heterocycles. The minimum atomic E-state index is -1.20. The van der Waals surface area contributed by atoms with Gasteiger partial charge >= 0.3 is 6.03 Å². The molecule has 2 aliphatic rings. The summed E-state index contributed by atoms with van der Waals surface area (Å²) in [5.74, 6) is -0.888. The van der Waals surface area contributed by atoms with Gasteiger partial charge in [0.15, 0.2) is 0 Å². The smallest absolute Gasteiger partial charge is 0.325 e. The van der Waals surface area contributed by atoms with Crippen molar-refractivity contribution in [1.82, 2.24) is 20.9 Å². The minimum absolute atomic E-state index is 0.00318. The van der Waals surface area contributed by atoms with E-state index < -0.39 is 23.4 Å². The first-order valence-electron chi connectivity index (χ1n) is 10.8.